The van der Waals surface area contributed by atoms with Gasteiger partial charge in [-0.05, 0) is 61.1 Å². The lowest BCUT2D eigenvalue weighted by Gasteiger charge is -2.38. The van der Waals surface area contributed by atoms with Gasteiger partial charge in [-0.25, -0.2) is 0 Å². The Morgan fingerprint density at radius 1 is 1.09 bits per heavy atom. The second kappa shape index (κ2) is 5.05. The molecule has 0 amide bonds. The first-order valence-electron chi connectivity index (χ1n) is 8.11. The number of aromatic hydroxyl groups is 2. The predicted molar refractivity (Wildman–Crippen MR) is 92.0 cm³/mol. The molecule has 1 aliphatic carbocycles. The summed E-state index contributed by atoms with van der Waals surface area (Å²) in [5.41, 5.74) is 5.95. The summed E-state index contributed by atoms with van der Waals surface area (Å²) >= 11 is 0. The van der Waals surface area contributed by atoms with Crippen LogP contribution in [-0.4, -0.2) is 10.2 Å². The normalized spacial score (nSPS) is 24.9. The average Bonchev–Trinajstić information content (AvgIpc) is 2.95. The number of nitrogens with one attached hydrogen (secondary N) is 1. The molecule has 1 heterocycles. The molecule has 2 aromatic rings. The molecule has 0 saturated heterocycles. The largest absolute Gasteiger partial charge is 0.508 e. The van der Waals surface area contributed by atoms with Gasteiger partial charge in [0.05, 0.1) is 6.04 Å². The topological polar surface area (TPSA) is 52.5 Å². The molecule has 23 heavy (non-hydrogen) atoms. The van der Waals surface area contributed by atoms with Crippen molar-refractivity contribution in [2.75, 3.05) is 5.32 Å². The van der Waals surface area contributed by atoms with E-state index in [9.17, 15) is 10.2 Å². The minimum atomic E-state index is 0.0456. The van der Waals surface area contributed by atoms with Crippen LogP contribution in [0.25, 0.3) is 0 Å². The fraction of sp³-hybridized carbons (Fsp3) is 0.300. The summed E-state index contributed by atoms with van der Waals surface area (Å²) in [5, 5.41) is 23.5. The molecule has 2 aromatic carbocycles. The lowest BCUT2D eigenvalue weighted by molar-refractivity contribution is 0.397. The van der Waals surface area contributed by atoms with E-state index in [1.165, 1.54) is 22.8 Å². The van der Waals surface area contributed by atoms with E-state index >= 15 is 0 Å². The first kappa shape index (κ1) is 14.2. The Labute approximate surface area is 136 Å². The number of rotatable bonds is 1. The van der Waals surface area contributed by atoms with Gasteiger partial charge in [-0.3, -0.25) is 0 Å². The molecule has 0 aromatic heterocycles. The van der Waals surface area contributed by atoms with Crippen molar-refractivity contribution in [3.05, 3.63) is 64.7 Å². The molecule has 0 bridgehead atoms. The van der Waals surface area contributed by atoms with Crippen molar-refractivity contribution in [2.45, 2.75) is 32.2 Å². The summed E-state index contributed by atoms with van der Waals surface area (Å²) in [7, 11) is 0. The van der Waals surface area contributed by atoms with Crippen LogP contribution in [0.5, 0.6) is 11.5 Å². The molecular formula is C20H21NO2. The molecule has 3 atom stereocenters. The third-order valence-electron chi connectivity index (χ3n) is 5.17. The smallest absolute Gasteiger partial charge is 0.124 e. The maximum atomic E-state index is 10.3. The molecule has 4 rings (SSSR count). The molecule has 3 unspecified atom stereocenters. The summed E-state index contributed by atoms with van der Waals surface area (Å²) in [6.45, 7) is 4.29. The summed E-state index contributed by atoms with van der Waals surface area (Å²) in [4.78, 5) is 0. The van der Waals surface area contributed by atoms with E-state index in [2.05, 4.69) is 43.4 Å². The minimum absolute atomic E-state index is 0.0456. The molecule has 118 valence electrons. The van der Waals surface area contributed by atoms with Crippen LogP contribution in [0.1, 0.15) is 40.6 Å². The van der Waals surface area contributed by atoms with Crippen LogP contribution >= 0.6 is 0 Å². The van der Waals surface area contributed by atoms with Crippen LogP contribution in [0.3, 0.4) is 0 Å². The third-order valence-corrected chi connectivity index (χ3v) is 5.17. The molecule has 2 aliphatic rings. The van der Waals surface area contributed by atoms with Crippen molar-refractivity contribution in [1.29, 1.82) is 0 Å². The quantitative estimate of drug-likeness (QED) is 0.678. The van der Waals surface area contributed by atoms with Crippen LogP contribution in [0.4, 0.5) is 5.69 Å². The highest BCUT2D eigenvalue weighted by Crippen LogP contribution is 2.52. The molecule has 3 N–H and O–H groups in total. The number of hydrogen-bond donors (Lipinski definition) is 3. The Hall–Kier alpha value is -2.42. The lowest BCUT2D eigenvalue weighted by Crippen LogP contribution is -2.29. The molecule has 0 fully saturated rings. The zero-order valence-electron chi connectivity index (χ0n) is 13.4. The second-order valence-electron chi connectivity index (χ2n) is 6.76. The van der Waals surface area contributed by atoms with Crippen molar-refractivity contribution in [3.8, 4) is 11.5 Å². The van der Waals surface area contributed by atoms with Crippen LogP contribution in [-0.2, 0) is 0 Å². The van der Waals surface area contributed by atoms with Gasteiger partial charge in [0, 0.05) is 23.2 Å². The molecule has 3 heteroatoms. The van der Waals surface area contributed by atoms with E-state index in [0.717, 1.165) is 17.7 Å². The van der Waals surface area contributed by atoms with E-state index in [4.69, 9.17) is 0 Å². The summed E-state index contributed by atoms with van der Waals surface area (Å²) < 4.78 is 0. The lowest BCUT2D eigenvalue weighted by atomic mass is 9.75. The summed E-state index contributed by atoms with van der Waals surface area (Å²) in [6, 6.07) is 9.36. The number of benzene rings is 2. The van der Waals surface area contributed by atoms with Gasteiger partial charge in [0.15, 0.2) is 0 Å². The highest BCUT2D eigenvalue weighted by molar-refractivity contribution is 5.64. The first-order valence-corrected chi connectivity index (χ1v) is 8.11. The third kappa shape index (κ3) is 2.19. The van der Waals surface area contributed by atoms with Gasteiger partial charge < -0.3 is 15.5 Å². The standard InChI is InChI=1S/C20H21NO2/c1-11-8-12(2)19-14-4-3-5-15(14)20(21-17(19)9-11)16-7-6-13(22)10-18(16)23/h3-4,6-10,14-15,20-23H,5H2,1-2H3. The van der Waals surface area contributed by atoms with E-state index in [1.54, 1.807) is 6.07 Å². The van der Waals surface area contributed by atoms with Gasteiger partial charge in [-0.15, -0.1) is 0 Å². The maximum absolute atomic E-state index is 10.3. The van der Waals surface area contributed by atoms with Crippen molar-refractivity contribution < 1.29 is 10.2 Å². The van der Waals surface area contributed by atoms with Crippen molar-refractivity contribution in [1.82, 2.24) is 0 Å². The number of anilines is 1. The number of allylic oxidation sites excluding steroid dienone is 2. The fourth-order valence-electron chi connectivity index (χ4n) is 4.24. The van der Waals surface area contributed by atoms with E-state index in [0.29, 0.717) is 11.8 Å². The Balaban J connectivity index is 1.84. The Kier molecular flexibility index (Phi) is 3.12. The monoisotopic (exact) mass is 307 g/mol. The molecule has 0 radical (unpaired) electrons. The van der Waals surface area contributed by atoms with Gasteiger partial charge in [0.25, 0.3) is 0 Å². The predicted octanol–water partition coefficient (Wildman–Crippen LogP) is 4.54. The average molecular weight is 307 g/mol. The number of aryl methyl sites for hydroxylation is 2. The van der Waals surface area contributed by atoms with Crippen molar-refractivity contribution in [2.24, 2.45) is 5.92 Å². The van der Waals surface area contributed by atoms with Gasteiger partial charge in [0.1, 0.15) is 11.5 Å². The SMILES string of the molecule is Cc1cc(C)c2c(c1)NC(c1ccc(O)cc1O)C1CC=CC21. The van der Waals surface area contributed by atoms with Crippen LogP contribution in [0.15, 0.2) is 42.5 Å². The Morgan fingerprint density at radius 2 is 1.91 bits per heavy atom. The maximum Gasteiger partial charge on any atom is 0.124 e. The Morgan fingerprint density at radius 3 is 2.70 bits per heavy atom. The number of phenols is 2. The van der Waals surface area contributed by atoms with E-state index < -0.39 is 0 Å². The zero-order valence-corrected chi connectivity index (χ0v) is 13.4. The minimum Gasteiger partial charge on any atom is -0.508 e. The van der Waals surface area contributed by atoms with Crippen molar-refractivity contribution >= 4 is 5.69 Å². The van der Waals surface area contributed by atoms with E-state index in [1.807, 2.05) is 6.07 Å². The Bertz CT molecular complexity index is 810. The van der Waals surface area contributed by atoms with Crippen LogP contribution in [0, 0.1) is 19.8 Å². The summed E-state index contributed by atoms with van der Waals surface area (Å²) in [5.74, 6) is 1.01. The number of phenolic OH excluding ortho intramolecular Hbond substituents is 2. The van der Waals surface area contributed by atoms with Gasteiger partial charge in [-0.1, -0.05) is 18.2 Å². The molecule has 1 aliphatic heterocycles. The summed E-state index contributed by atoms with van der Waals surface area (Å²) in [6.07, 6.45) is 5.54. The molecule has 0 saturated carbocycles. The number of fused-ring (bicyclic) bond motifs is 3. The highest BCUT2D eigenvalue weighted by atomic mass is 16.3. The fourth-order valence-corrected chi connectivity index (χ4v) is 4.24. The highest BCUT2D eigenvalue weighted by Gasteiger charge is 2.39. The number of hydrogen-bond acceptors (Lipinski definition) is 3. The molecule has 0 spiro atoms. The molecule has 3 nitrogen and oxygen atoms in total. The van der Waals surface area contributed by atoms with Crippen molar-refractivity contribution in [3.63, 3.8) is 0 Å². The zero-order chi connectivity index (χ0) is 16.1. The van der Waals surface area contributed by atoms with Gasteiger partial charge >= 0.3 is 0 Å². The van der Waals surface area contributed by atoms with Crippen LogP contribution < -0.4 is 5.32 Å². The van der Waals surface area contributed by atoms with Gasteiger partial charge in [0.2, 0.25) is 0 Å². The first-order chi connectivity index (χ1) is 11.0. The van der Waals surface area contributed by atoms with E-state index in [-0.39, 0.29) is 17.5 Å². The van der Waals surface area contributed by atoms with Crippen LogP contribution in [0.2, 0.25) is 0 Å². The molecular weight excluding hydrogens is 286 g/mol. The second-order valence-corrected chi connectivity index (χ2v) is 6.76. The van der Waals surface area contributed by atoms with Gasteiger partial charge in [-0.2, -0.15) is 0 Å².